The number of halogens is 3. The fourth-order valence-electron chi connectivity index (χ4n) is 3.06. The number of hydrogen-bond donors (Lipinski definition) is 2. The first-order valence-electron chi connectivity index (χ1n) is 10.7. The molecular formula is C25H25F3N4O3. The van der Waals surface area contributed by atoms with E-state index in [0.29, 0.717) is 47.8 Å². The molecule has 0 amide bonds. The SMILES string of the molecule is N/C=C\N(N)CCCC(=O)c1ccc(OCc2coc(/C=C/c3ccc(C(F)(F)F)cc3)n2)cc1. The molecule has 0 fully saturated rings. The smallest absolute Gasteiger partial charge is 0.416 e. The monoisotopic (exact) mass is 486 g/mol. The predicted octanol–water partition coefficient (Wildman–Crippen LogP) is 5.01. The summed E-state index contributed by atoms with van der Waals surface area (Å²) in [6.45, 7) is 0.658. The average Bonchev–Trinajstić information content (AvgIpc) is 3.29. The molecule has 10 heteroatoms. The van der Waals surface area contributed by atoms with E-state index in [2.05, 4.69) is 4.98 Å². The number of Topliss-reactive ketones (excluding diaryl/α,β-unsaturated/α-hetero) is 1. The Kier molecular flexibility index (Phi) is 8.69. The van der Waals surface area contributed by atoms with Gasteiger partial charge in [0.05, 0.1) is 5.56 Å². The zero-order valence-electron chi connectivity index (χ0n) is 18.7. The summed E-state index contributed by atoms with van der Waals surface area (Å²) in [6, 6.07) is 11.6. The number of benzene rings is 2. The van der Waals surface area contributed by atoms with Crippen molar-refractivity contribution in [1.29, 1.82) is 0 Å². The molecular weight excluding hydrogens is 461 g/mol. The minimum Gasteiger partial charge on any atom is -0.487 e. The van der Waals surface area contributed by atoms with Crippen LogP contribution in [0.2, 0.25) is 0 Å². The average molecular weight is 486 g/mol. The standard InChI is InChI=1S/C25H25F3N4O3/c26-25(27,28)20-8-3-18(4-9-20)5-12-24-31-21(17-35-24)16-34-22-10-6-19(7-11-22)23(33)2-1-14-32(30)15-13-29/h3-13,15,17H,1-2,14,16,29-30H2/b12-5+,15-13-. The van der Waals surface area contributed by atoms with Crippen LogP contribution in [0.1, 0.15) is 45.9 Å². The molecule has 0 spiro atoms. The van der Waals surface area contributed by atoms with Crippen LogP contribution in [-0.4, -0.2) is 22.3 Å². The van der Waals surface area contributed by atoms with E-state index in [9.17, 15) is 18.0 Å². The number of alkyl halides is 3. The molecule has 1 aromatic heterocycles. The summed E-state index contributed by atoms with van der Waals surface area (Å²) in [6.07, 6.45) is 4.04. The van der Waals surface area contributed by atoms with Gasteiger partial charge in [0.2, 0.25) is 5.89 Å². The van der Waals surface area contributed by atoms with Crippen molar-refractivity contribution < 1.29 is 27.1 Å². The number of nitrogens with zero attached hydrogens (tertiary/aromatic N) is 2. The molecule has 35 heavy (non-hydrogen) atoms. The van der Waals surface area contributed by atoms with Gasteiger partial charge in [-0.2, -0.15) is 13.2 Å². The molecule has 0 atom stereocenters. The molecule has 2 aromatic carbocycles. The summed E-state index contributed by atoms with van der Waals surface area (Å²) in [5, 5.41) is 1.42. The highest BCUT2D eigenvalue weighted by atomic mass is 19.4. The lowest BCUT2D eigenvalue weighted by Gasteiger charge is -2.12. The van der Waals surface area contributed by atoms with Gasteiger partial charge in [-0.25, -0.2) is 10.8 Å². The predicted molar refractivity (Wildman–Crippen MR) is 125 cm³/mol. The van der Waals surface area contributed by atoms with E-state index >= 15 is 0 Å². The number of oxazole rings is 1. The molecule has 3 aromatic rings. The highest BCUT2D eigenvalue weighted by Gasteiger charge is 2.29. The molecule has 184 valence electrons. The molecule has 7 nitrogen and oxygen atoms in total. The topological polar surface area (TPSA) is 108 Å². The summed E-state index contributed by atoms with van der Waals surface area (Å²) in [5.74, 6) is 6.52. The van der Waals surface area contributed by atoms with E-state index in [1.165, 1.54) is 35.8 Å². The quantitative estimate of drug-likeness (QED) is 0.223. The molecule has 0 aliphatic rings. The zero-order valence-corrected chi connectivity index (χ0v) is 18.7. The van der Waals surface area contributed by atoms with Crippen LogP contribution in [0.15, 0.2) is 71.6 Å². The molecule has 1 heterocycles. The second-order valence-electron chi connectivity index (χ2n) is 7.55. The molecule has 0 saturated heterocycles. The van der Waals surface area contributed by atoms with Crippen LogP contribution < -0.4 is 16.3 Å². The number of ether oxygens (including phenoxy) is 1. The van der Waals surface area contributed by atoms with Crippen molar-refractivity contribution in [2.75, 3.05) is 6.54 Å². The van der Waals surface area contributed by atoms with Gasteiger partial charge < -0.3 is 19.9 Å². The van der Waals surface area contributed by atoms with Crippen molar-refractivity contribution in [3.8, 4) is 5.75 Å². The third-order valence-electron chi connectivity index (χ3n) is 4.89. The summed E-state index contributed by atoms with van der Waals surface area (Å²) in [5.41, 5.74) is 6.24. The number of hydrazine groups is 1. The summed E-state index contributed by atoms with van der Waals surface area (Å²) in [4.78, 5) is 16.5. The van der Waals surface area contributed by atoms with Gasteiger partial charge >= 0.3 is 6.18 Å². The van der Waals surface area contributed by atoms with Gasteiger partial charge in [-0.3, -0.25) is 4.79 Å². The highest BCUT2D eigenvalue weighted by molar-refractivity contribution is 5.96. The van der Waals surface area contributed by atoms with Gasteiger partial charge in [-0.15, -0.1) is 0 Å². The van der Waals surface area contributed by atoms with Gasteiger partial charge in [0.1, 0.15) is 24.3 Å². The number of aromatic nitrogens is 1. The number of nitrogens with two attached hydrogens (primary N) is 2. The van der Waals surface area contributed by atoms with E-state index in [0.717, 1.165) is 12.1 Å². The van der Waals surface area contributed by atoms with Crippen LogP contribution in [0.4, 0.5) is 13.2 Å². The normalized spacial score (nSPS) is 11.9. The van der Waals surface area contributed by atoms with Crippen LogP contribution in [-0.2, 0) is 12.8 Å². The van der Waals surface area contributed by atoms with Gasteiger partial charge in [0, 0.05) is 37.0 Å². The Morgan fingerprint density at radius 2 is 1.80 bits per heavy atom. The summed E-state index contributed by atoms with van der Waals surface area (Å²) in [7, 11) is 0. The molecule has 3 rings (SSSR count). The van der Waals surface area contributed by atoms with Crippen LogP contribution in [0, 0.1) is 0 Å². The fourth-order valence-corrected chi connectivity index (χ4v) is 3.06. The van der Waals surface area contributed by atoms with Crippen LogP contribution in [0.25, 0.3) is 12.2 Å². The highest BCUT2D eigenvalue weighted by Crippen LogP contribution is 2.29. The number of carbonyl (C=O) groups excluding carboxylic acids is 1. The Bertz CT molecular complexity index is 1150. The second kappa shape index (κ2) is 11.9. The molecule has 0 aliphatic carbocycles. The molecule has 0 bridgehead atoms. The first-order chi connectivity index (χ1) is 16.7. The first kappa shape index (κ1) is 25.6. The maximum Gasteiger partial charge on any atom is 0.416 e. The molecule has 0 saturated carbocycles. The van der Waals surface area contributed by atoms with E-state index in [1.807, 2.05) is 0 Å². The van der Waals surface area contributed by atoms with Crippen LogP contribution in [0.5, 0.6) is 5.75 Å². The number of rotatable bonds is 11. The van der Waals surface area contributed by atoms with Gasteiger partial charge in [-0.1, -0.05) is 12.1 Å². The zero-order chi connectivity index (χ0) is 25.3. The Morgan fingerprint density at radius 3 is 2.46 bits per heavy atom. The van der Waals surface area contributed by atoms with Crippen molar-refractivity contribution in [3.63, 3.8) is 0 Å². The van der Waals surface area contributed by atoms with Crippen LogP contribution in [0.3, 0.4) is 0 Å². The van der Waals surface area contributed by atoms with Crippen molar-refractivity contribution in [2.24, 2.45) is 11.6 Å². The van der Waals surface area contributed by atoms with Crippen molar-refractivity contribution in [2.45, 2.75) is 25.6 Å². The third kappa shape index (κ3) is 8.04. The molecule has 0 aliphatic heterocycles. The van der Waals surface area contributed by atoms with E-state index in [1.54, 1.807) is 36.4 Å². The number of carbonyl (C=O) groups is 1. The summed E-state index contributed by atoms with van der Waals surface area (Å²) >= 11 is 0. The Balaban J connectivity index is 1.47. The van der Waals surface area contributed by atoms with Crippen molar-refractivity contribution in [3.05, 3.63) is 95.5 Å². The largest absolute Gasteiger partial charge is 0.487 e. The third-order valence-corrected chi connectivity index (χ3v) is 4.89. The first-order valence-corrected chi connectivity index (χ1v) is 10.7. The van der Waals surface area contributed by atoms with E-state index in [-0.39, 0.29) is 12.4 Å². The minimum absolute atomic E-state index is 0.00246. The molecule has 4 N–H and O–H groups in total. The van der Waals surface area contributed by atoms with E-state index < -0.39 is 11.7 Å². The Labute approximate surface area is 200 Å². The lowest BCUT2D eigenvalue weighted by atomic mass is 10.1. The fraction of sp³-hybridized carbons (Fsp3) is 0.200. The maximum absolute atomic E-state index is 12.6. The second-order valence-corrected chi connectivity index (χ2v) is 7.55. The van der Waals surface area contributed by atoms with Crippen LogP contribution >= 0.6 is 0 Å². The number of ketones is 1. The number of hydrogen-bond acceptors (Lipinski definition) is 7. The maximum atomic E-state index is 12.6. The lowest BCUT2D eigenvalue weighted by Crippen LogP contribution is -2.26. The molecule has 0 unspecified atom stereocenters. The van der Waals surface area contributed by atoms with Gasteiger partial charge in [0.25, 0.3) is 0 Å². The van der Waals surface area contributed by atoms with Crippen molar-refractivity contribution in [1.82, 2.24) is 9.99 Å². The lowest BCUT2D eigenvalue weighted by molar-refractivity contribution is -0.137. The van der Waals surface area contributed by atoms with E-state index in [4.69, 9.17) is 20.7 Å². The Morgan fingerprint density at radius 1 is 1.09 bits per heavy atom. The van der Waals surface area contributed by atoms with Gasteiger partial charge in [0.15, 0.2) is 5.78 Å². The Hall–Kier alpha value is -4.05. The minimum atomic E-state index is -4.37. The summed E-state index contributed by atoms with van der Waals surface area (Å²) < 4.78 is 48.9. The van der Waals surface area contributed by atoms with Gasteiger partial charge in [-0.05, 0) is 54.5 Å². The molecule has 0 radical (unpaired) electrons. The van der Waals surface area contributed by atoms with Crippen molar-refractivity contribution >= 4 is 17.9 Å².